The molecule has 0 atom stereocenters. The van der Waals surface area contributed by atoms with E-state index in [4.69, 9.17) is 0 Å². The summed E-state index contributed by atoms with van der Waals surface area (Å²) in [5.41, 5.74) is 0.00496. The Balaban J connectivity index is 2.23. The van der Waals surface area contributed by atoms with E-state index in [2.05, 4.69) is 31.0 Å². The topological polar surface area (TPSA) is 51.2 Å². The van der Waals surface area contributed by atoms with E-state index in [1.807, 2.05) is 0 Å². The lowest BCUT2D eigenvalue weighted by atomic mass is 10.2. The van der Waals surface area contributed by atoms with Crippen molar-refractivity contribution in [3.05, 3.63) is 52.6 Å². The summed E-state index contributed by atoms with van der Waals surface area (Å²) < 4.78 is 29.5. The first kappa shape index (κ1) is 14.4. The molecule has 0 aliphatic heterocycles. The number of para-hydroxylation sites is 1. The summed E-state index contributed by atoms with van der Waals surface area (Å²) >= 11 is 3.23. The molecule has 0 fully saturated rings. The van der Waals surface area contributed by atoms with Crippen molar-refractivity contribution in [2.24, 2.45) is 0 Å². The zero-order valence-corrected chi connectivity index (χ0v) is 11.6. The highest BCUT2D eigenvalue weighted by atomic mass is 79.9. The van der Waals surface area contributed by atoms with Crippen LogP contribution in [0.5, 0.6) is 5.75 Å². The number of ether oxygens (including phenoxy) is 1. The molecule has 2 rings (SSSR count). The molecule has 0 spiro atoms. The van der Waals surface area contributed by atoms with Crippen LogP contribution < -0.4 is 10.1 Å². The van der Waals surface area contributed by atoms with Crippen molar-refractivity contribution in [1.29, 1.82) is 0 Å². The van der Waals surface area contributed by atoms with Gasteiger partial charge in [0.1, 0.15) is 11.6 Å². The number of rotatable bonds is 4. The lowest BCUT2D eigenvalue weighted by Crippen LogP contribution is -2.16. The van der Waals surface area contributed by atoms with Crippen molar-refractivity contribution in [2.75, 3.05) is 5.32 Å². The van der Waals surface area contributed by atoms with Gasteiger partial charge in [0.05, 0.1) is 10.0 Å². The van der Waals surface area contributed by atoms with Crippen LogP contribution in [0, 0.1) is 0 Å². The Kier molecular flexibility index (Phi) is 4.62. The van der Waals surface area contributed by atoms with E-state index in [0.29, 0.717) is 10.3 Å². The predicted molar refractivity (Wildman–Crippen MR) is 73.0 cm³/mol. The fourth-order valence-corrected chi connectivity index (χ4v) is 1.86. The maximum Gasteiger partial charge on any atom is 0.387 e. The molecule has 0 saturated heterocycles. The first-order chi connectivity index (χ1) is 9.58. The molecule has 1 heterocycles. The van der Waals surface area contributed by atoms with Gasteiger partial charge in [0.15, 0.2) is 0 Å². The van der Waals surface area contributed by atoms with Crippen molar-refractivity contribution < 1.29 is 18.3 Å². The van der Waals surface area contributed by atoms with Crippen LogP contribution in [0.1, 0.15) is 10.4 Å². The minimum Gasteiger partial charge on any atom is -0.434 e. The van der Waals surface area contributed by atoms with Gasteiger partial charge in [0, 0.05) is 6.20 Å². The van der Waals surface area contributed by atoms with Crippen LogP contribution in [0.4, 0.5) is 14.6 Å². The smallest absolute Gasteiger partial charge is 0.387 e. The van der Waals surface area contributed by atoms with Crippen LogP contribution in [0.3, 0.4) is 0 Å². The molecule has 0 radical (unpaired) electrons. The van der Waals surface area contributed by atoms with Crippen molar-refractivity contribution in [2.45, 2.75) is 6.61 Å². The molecule has 0 saturated carbocycles. The second-order valence-electron chi connectivity index (χ2n) is 3.66. The van der Waals surface area contributed by atoms with E-state index in [9.17, 15) is 13.6 Å². The molecule has 1 N–H and O–H groups in total. The van der Waals surface area contributed by atoms with Crippen LogP contribution in [-0.2, 0) is 0 Å². The number of pyridine rings is 1. The quantitative estimate of drug-likeness (QED) is 0.921. The van der Waals surface area contributed by atoms with E-state index in [1.165, 1.54) is 24.4 Å². The van der Waals surface area contributed by atoms with Crippen LogP contribution in [0.15, 0.2) is 47.1 Å². The summed E-state index contributed by atoms with van der Waals surface area (Å²) in [4.78, 5) is 16.0. The second-order valence-corrected chi connectivity index (χ2v) is 4.52. The van der Waals surface area contributed by atoms with Crippen LogP contribution in [0.2, 0.25) is 0 Å². The number of nitrogens with zero attached hydrogens (tertiary/aromatic N) is 1. The minimum atomic E-state index is -2.99. The molecule has 0 unspecified atom stereocenters. The van der Waals surface area contributed by atoms with Crippen molar-refractivity contribution >= 4 is 27.7 Å². The molecule has 1 aromatic carbocycles. The first-order valence-electron chi connectivity index (χ1n) is 5.53. The average molecular weight is 343 g/mol. The summed E-state index contributed by atoms with van der Waals surface area (Å²) in [5, 5.41) is 2.52. The zero-order chi connectivity index (χ0) is 14.5. The molecule has 0 aliphatic rings. The Bertz CT molecular complexity index is 623. The Hall–Kier alpha value is -2.02. The Labute approximate surface area is 121 Å². The number of carbonyl (C=O) groups excluding carboxylic acids is 1. The molecule has 104 valence electrons. The van der Waals surface area contributed by atoms with Gasteiger partial charge in [-0.05, 0) is 40.2 Å². The highest BCUT2D eigenvalue weighted by Crippen LogP contribution is 2.23. The fourth-order valence-electron chi connectivity index (χ4n) is 1.51. The van der Waals surface area contributed by atoms with Crippen molar-refractivity contribution in [3.63, 3.8) is 0 Å². The molecule has 20 heavy (non-hydrogen) atoms. The zero-order valence-electron chi connectivity index (χ0n) is 10.0. The third kappa shape index (κ3) is 3.51. The van der Waals surface area contributed by atoms with E-state index in [-0.39, 0.29) is 11.3 Å². The van der Waals surface area contributed by atoms with Crippen LogP contribution >= 0.6 is 15.9 Å². The number of carbonyl (C=O) groups is 1. The summed E-state index contributed by atoms with van der Waals surface area (Å²) in [7, 11) is 0. The largest absolute Gasteiger partial charge is 0.434 e. The number of anilines is 1. The van der Waals surface area contributed by atoms with Gasteiger partial charge < -0.3 is 10.1 Å². The maximum absolute atomic E-state index is 12.3. The Morgan fingerprint density at radius 1 is 1.25 bits per heavy atom. The highest BCUT2D eigenvalue weighted by molar-refractivity contribution is 9.10. The second kappa shape index (κ2) is 6.42. The highest BCUT2D eigenvalue weighted by Gasteiger charge is 2.16. The van der Waals surface area contributed by atoms with E-state index in [0.717, 1.165) is 0 Å². The monoisotopic (exact) mass is 342 g/mol. The van der Waals surface area contributed by atoms with Gasteiger partial charge >= 0.3 is 6.61 Å². The molecule has 2 aromatic rings. The van der Waals surface area contributed by atoms with Gasteiger partial charge in [0.25, 0.3) is 5.91 Å². The molecule has 0 bridgehead atoms. The molecule has 1 amide bonds. The standard InChI is InChI=1S/C13H9BrF2N2O2/c14-9-5-3-7-17-11(9)18-12(19)8-4-1-2-6-10(8)20-13(15)16/h1-7,13H,(H,17,18,19). The summed E-state index contributed by atoms with van der Waals surface area (Å²) in [6.07, 6.45) is 1.50. The summed E-state index contributed by atoms with van der Waals surface area (Å²) in [6.45, 7) is -2.99. The van der Waals surface area contributed by atoms with Crippen LogP contribution in [-0.4, -0.2) is 17.5 Å². The van der Waals surface area contributed by atoms with Gasteiger partial charge in [-0.2, -0.15) is 8.78 Å². The molecule has 7 heteroatoms. The molecule has 4 nitrogen and oxygen atoms in total. The number of hydrogen-bond donors (Lipinski definition) is 1. The third-order valence-corrected chi connectivity index (χ3v) is 2.98. The number of alkyl halides is 2. The number of benzene rings is 1. The van der Waals surface area contributed by atoms with Crippen LogP contribution in [0.25, 0.3) is 0 Å². The predicted octanol–water partition coefficient (Wildman–Crippen LogP) is 3.70. The lowest BCUT2D eigenvalue weighted by molar-refractivity contribution is -0.0501. The first-order valence-corrected chi connectivity index (χ1v) is 6.33. The summed E-state index contributed by atoms with van der Waals surface area (Å²) in [5.74, 6) is -0.475. The Morgan fingerprint density at radius 2 is 2.00 bits per heavy atom. The SMILES string of the molecule is O=C(Nc1ncccc1Br)c1ccccc1OC(F)F. The van der Waals surface area contributed by atoms with Crippen molar-refractivity contribution in [1.82, 2.24) is 4.98 Å². The third-order valence-electron chi connectivity index (χ3n) is 2.34. The Morgan fingerprint density at radius 3 is 2.70 bits per heavy atom. The van der Waals surface area contributed by atoms with E-state index < -0.39 is 12.5 Å². The van der Waals surface area contributed by atoms with Gasteiger partial charge in [-0.3, -0.25) is 4.79 Å². The summed E-state index contributed by atoms with van der Waals surface area (Å²) in [6, 6.07) is 9.14. The number of nitrogens with one attached hydrogen (secondary N) is 1. The maximum atomic E-state index is 12.3. The molecule has 1 aromatic heterocycles. The number of halogens is 3. The van der Waals surface area contributed by atoms with Gasteiger partial charge in [0.2, 0.25) is 0 Å². The fraction of sp³-hybridized carbons (Fsp3) is 0.0769. The molecular weight excluding hydrogens is 334 g/mol. The molecule has 0 aliphatic carbocycles. The minimum absolute atomic E-state index is 0.00496. The van der Waals surface area contributed by atoms with Gasteiger partial charge in [-0.1, -0.05) is 12.1 Å². The van der Waals surface area contributed by atoms with Crippen molar-refractivity contribution in [3.8, 4) is 5.75 Å². The number of hydrogen-bond acceptors (Lipinski definition) is 3. The molecular formula is C13H9BrF2N2O2. The normalized spacial score (nSPS) is 10.4. The lowest BCUT2D eigenvalue weighted by Gasteiger charge is -2.11. The van der Waals surface area contributed by atoms with E-state index in [1.54, 1.807) is 18.2 Å². The number of aromatic nitrogens is 1. The van der Waals surface area contributed by atoms with E-state index >= 15 is 0 Å². The van der Waals surface area contributed by atoms with Gasteiger partial charge in [-0.25, -0.2) is 4.98 Å². The average Bonchev–Trinajstić information content (AvgIpc) is 2.41. The van der Waals surface area contributed by atoms with Gasteiger partial charge in [-0.15, -0.1) is 0 Å². The number of amides is 1.